The smallest absolute Gasteiger partial charge is 0.303 e. The topological polar surface area (TPSA) is 151 Å². The van der Waals surface area contributed by atoms with Gasteiger partial charge in [0, 0.05) is 26.3 Å². The SMILES string of the molecule is CC(=O)O[C@@H](C)C(=O)CCCCC[C@H]1NC(=O)[C@H]2CCCN2C(=O)[C@H](Cc2ccccc2)NC(=O)C(C)(C)NC1=O. The highest BCUT2D eigenvalue weighted by molar-refractivity contribution is 5.99. The lowest BCUT2D eigenvalue weighted by molar-refractivity contribution is -0.151. The third-order valence-electron chi connectivity index (χ3n) is 7.57. The van der Waals surface area contributed by atoms with Crippen LogP contribution in [0.5, 0.6) is 0 Å². The molecule has 2 aliphatic heterocycles. The molecule has 224 valence electrons. The zero-order valence-corrected chi connectivity index (χ0v) is 24.4. The Morgan fingerprint density at radius 2 is 1.71 bits per heavy atom. The Morgan fingerprint density at radius 3 is 2.39 bits per heavy atom. The molecule has 11 nitrogen and oxygen atoms in total. The molecule has 41 heavy (non-hydrogen) atoms. The fourth-order valence-corrected chi connectivity index (χ4v) is 5.22. The van der Waals surface area contributed by atoms with Crippen LogP contribution in [0.2, 0.25) is 0 Å². The highest BCUT2D eigenvalue weighted by atomic mass is 16.5. The van der Waals surface area contributed by atoms with Crippen molar-refractivity contribution in [3.05, 3.63) is 35.9 Å². The summed E-state index contributed by atoms with van der Waals surface area (Å²) in [5.41, 5.74) is -0.485. The average Bonchev–Trinajstić information content (AvgIpc) is 3.41. The van der Waals surface area contributed by atoms with Crippen molar-refractivity contribution in [2.45, 2.75) is 109 Å². The average molecular weight is 571 g/mol. The van der Waals surface area contributed by atoms with E-state index in [0.717, 1.165) is 5.56 Å². The van der Waals surface area contributed by atoms with Crippen LogP contribution >= 0.6 is 0 Å². The van der Waals surface area contributed by atoms with Gasteiger partial charge in [0.1, 0.15) is 23.7 Å². The van der Waals surface area contributed by atoms with Crippen LogP contribution in [0.3, 0.4) is 0 Å². The van der Waals surface area contributed by atoms with E-state index in [-0.39, 0.29) is 24.5 Å². The number of unbranched alkanes of at least 4 members (excludes halogenated alkanes) is 2. The fourth-order valence-electron chi connectivity index (χ4n) is 5.22. The first-order valence-corrected chi connectivity index (χ1v) is 14.4. The molecule has 0 radical (unpaired) electrons. The number of nitrogens with zero attached hydrogens (tertiary/aromatic N) is 1. The van der Waals surface area contributed by atoms with E-state index in [0.29, 0.717) is 45.1 Å². The van der Waals surface area contributed by atoms with E-state index in [2.05, 4.69) is 16.0 Å². The molecule has 0 spiro atoms. The maximum absolute atomic E-state index is 13.7. The van der Waals surface area contributed by atoms with Gasteiger partial charge in [-0.05, 0) is 52.0 Å². The van der Waals surface area contributed by atoms with Crippen molar-refractivity contribution < 1.29 is 33.5 Å². The van der Waals surface area contributed by atoms with Crippen LogP contribution < -0.4 is 16.0 Å². The number of benzene rings is 1. The van der Waals surface area contributed by atoms with E-state index in [9.17, 15) is 28.8 Å². The van der Waals surface area contributed by atoms with Crippen LogP contribution in [0.4, 0.5) is 0 Å². The van der Waals surface area contributed by atoms with Crippen molar-refractivity contribution in [2.75, 3.05) is 6.54 Å². The summed E-state index contributed by atoms with van der Waals surface area (Å²) in [6.07, 6.45) is 2.75. The maximum Gasteiger partial charge on any atom is 0.303 e. The predicted molar refractivity (Wildman–Crippen MR) is 150 cm³/mol. The van der Waals surface area contributed by atoms with Crippen molar-refractivity contribution in [1.82, 2.24) is 20.9 Å². The number of esters is 1. The first-order valence-electron chi connectivity index (χ1n) is 14.4. The van der Waals surface area contributed by atoms with Gasteiger partial charge in [-0.2, -0.15) is 0 Å². The molecular formula is C30H42N4O7. The van der Waals surface area contributed by atoms with Crippen LogP contribution in [-0.4, -0.2) is 76.6 Å². The molecule has 1 aromatic carbocycles. The quantitative estimate of drug-likeness (QED) is 0.285. The van der Waals surface area contributed by atoms with Crippen LogP contribution in [0.25, 0.3) is 0 Å². The number of rotatable bonds is 10. The highest BCUT2D eigenvalue weighted by Crippen LogP contribution is 2.21. The molecule has 0 aromatic heterocycles. The minimum Gasteiger partial charge on any atom is -0.455 e. The van der Waals surface area contributed by atoms with E-state index in [1.807, 2.05) is 30.3 Å². The highest BCUT2D eigenvalue weighted by Gasteiger charge is 2.42. The minimum atomic E-state index is -1.35. The number of amides is 4. The molecule has 3 N–H and O–H groups in total. The lowest BCUT2D eigenvalue weighted by Crippen LogP contribution is -2.64. The molecule has 2 saturated heterocycles. The summed E-state index contributed by atoms with van der Waals surface area (Å²) in [5, 5.41) is 8.42. The van der Waals surface area contributed by atoms with E-state index in [1.54, 1.807) is 13.8 Å². The zero-order valence-electron chi connectivity index (χ0n) is 24.4. The normalized spacial score (nSPS) is 23.7. The van der Waals surface area contributed by atoms with Crippen LogP contribution in [0, 0.1) is 0 Å². The molecule has 0 bridgehead atoms. The summed E-state index contributed by atoms with van der Waals surface area (Å²) >= 11 is 0. The Labute approximate surface area is 241 Å². The molecule has 2 aliphatic rings. The van der Waals surface area contributed by atoms with Crippen molar-refractivity contribution in [2.24, 2.45) is 0 Å². The molecule has 0 unspecified atom stereocenters. The summed E-state index contributed by atoms with van der Waals surface area (Å²) in [6.45, 7) is 6.29. The van der Waals surface area contributed by atoms with Crippen LogP contribution in [-0.2, 0) is 39.9 Å². The summed E-state index contributed by atoms with van der Waals surface area (Å²) in [5.74, 6) is -2.41. The molecule has 2 fully saturated rings. The fraction of sp³-hybridized carbons (Fsp3) is 0.600. The molecule has 4 atom stereocenters. The van der Waals surface area contributed by atoms with E-state index < -0.39 is 53.5 Å². The molecule has 4 amide bonds. The zero-order chi connectivity index (χ0) is 30.2. The number of ketones is 1. The second-order valence-corrected chi connectivity index (χ2v) is 11.4. The van der Waals surface area contributed by atoms with Gasteiger partial charge in [0.15, 0.2) is 11.9 Å². The number of hydrogen-bond donors (Lipinski definition) is 3. The number of fused-ring (bicyclic) bond motifs is 1. The van der Waals surface area contributed by atoms with Gasteiger partial charge in [-0.25, -0.2) is 0 Å². The summed E-state index contributed by atoms with van der Waals surface area (Å²) < 4.78 is 4.91. The molecule has 11 heteroatoms. The summed E-state index contributed by atoms with van der Waals surface area (Å²) in [6, 6.07) is 6.78. The van der Waals surface area contributed by atoms with Crippen molar-refractivity contribution in [3.63, 3.8) is 0 Å². The largest absolute Gasteiger partial charge is 0.455 e. The number of nitrogens with one attached hydrogen (secondary N) is 3. The van der Waals surface area contributed by atoms with Gasteiger partial charge in [0.05, 0.1) is 0 Å². The molecule has 1 aromatic rings. The standard InChI is InChI=1S/C30H42N4O7/c1-19(41-20(2)35)25(36)16-10-6-9-14-22-26(37)33-30(3,4)29(40)32-23(18-21-12-7-5-8-13-21)28(39)34-17-11-15-24(34)27(38)31-22/h5,7-8,12-13,19,22-24H,6,9-11,14-18H2,1-4H3,(H,31,38)(H,32,40)(H,33,37)/t19-,22+,23-,24+/m0/s1. The van der Waals surface area contributed by atoms with Gasteiger partial charge in [0.25, 0.3) is 0 Å². The number of hydrogen-bond acceptors (Lipinski definition) is 7. The first-order chi connectivity index (χ1) is 19.4. The molecule has 0 saturated carbocycles. The lowest BCUT2D eigenvalue weighted by atomic mass is 9.98. The van der Waals surface area contributed by atoms with Gasteiger partial charge < -0.3 is 25.6 Å². The monoisotopic (exact) mass is 570 g/mol. The Morgan fingerprint density at radius 1 is 1.00 bits per heavy atom. The minimum absolute atomic E-state index is 0.179. The number of carbonyl (C=O) groups excluding carboxylic acids is 6. The van der Waals surface area contributed by atoms with Gasteiger partial charge in [-0.3, -0.25) is 28.8 Å². The summed E-state index contributed by atoms with van der Waals surface area (Å²) in [4.78, 5) is 78.5. The Bertz CT molecular complexity index is 1140. The second-order valence-electron chi connectivity index (χ2n) is 11.4. The number of Topliss-reactive ketones (excluding diaryl/α,β-unsaturated/α-hetero) is 1. The first kappa shape index (κ1) is 31.8. The van der Waals surface area contributed by atoms with E-state index in [4.69, 9.17) is 4.74 Å². The maximum atomic E-state index is 13.7. The summed E-state index contributed by atoms with van der Waals surface area (Å²) in [7, 11) is 0. The van der Waals surface area contributed by atoms with Crippen molar-refractivity contribution >= 4 is 35.4 Å². The Balaban J connectivity index is 1.71. The molecule has 3 rings (SSSR count). The predicted octanol–water partition coefficient (Wildman–Crippen LogP) is 1.57. The van der Waals surface area contributed by atoms with Crippen molar-refractivity contribution in [1.29, 1.82) is 0 Å². The number of ether oxygens (including phenoxy) is 1. The molecular weight excluding hydrogens is 528 g/mol. The third kappa shape index (κ3) is 8.86. The Hall–Kier alpha value is -3.76. The van der Waals surface area contributed by atoms with Crippen molar-refractivity contribution in [3.8, 4) is 0 Å². The lowest BCUT2D eigenvalue weighted by Gasteiger charge is -2.34. The molecule has 0 aliphatic carbocycles. The van der Waals surface area contributed by atoms with Gasteiger partial charge in [0.2, 0.25) is 23.6 Å². The van der Waals surface area contributed by atoms with Gasteiger partial charge in [-0.1, -0.05) is 43.2 Å². The molecule has 2 heterocycles. The number of carbonyl (C=O) groups is 6. The van der Waals surface area contributed by atoms with Crippen LogP contribution in [0.15, 0.2) is 30.3 Å². The van der Waals surface area contributed by atoms with E-state index in [1.165, 1.54) is 18.7 Å². The Kier molecular flexibility index (Phi) is 11.0. The third-order valence-corrected chi connectivity index (χ3v) is 7.57. The van der Waals surface area contributed by atoms with Crippen LogP contribution in [0.1, 0.15) is 78.2 Å². The van der Waals surface area contributed by atoms with Gasteiger partial charge >= 0.3 is 5.97 Å². The van der Waals surface area contributed by atoms with Gasteiger partial charge in [-0.15, -0.1) is 0 Å². The second kappa shape index (κ2) is 14.2. The van der Waals surface area contributed by atoms with E-state index >= 15 is 0 Å².